The van der Waals surface area contributed by atoms with Crippen LogP contribution in [0.5, 0.6) is 11.5 Å². The lowest BCUT2D eigenvalue weighted by Gasteiger charge is -2.50. The molecule has 3 aromatic carbocycles. The molecule has 0 bridgehead atoms. The van der Waals surface area contributed by atoms with Crippen LogP contribution in [0.3, 0.4) is 0 Å². The number of carbonyl (C=O) groups is 4. The molecule has 4 aliphatic rings. The Hall–Kier alpha value is -4.70. The van der Waals surface area contributed by atoms with Gasteiger partial charge < -0.3 is 9.84 Å². The first kappa shape index (κ1) is 30.0. The summed E-state index contributed by atoms with van der Waals surface area (Å²) < 4.78 is 19.5. The van der Waals surface area contributed by atoms with Crippen molar-refractivity contribution in [1.82, 2.24) is 9.91 Å². The zero-order valence-electron chi connectivity index (χ0n) is 25.1. The van der Waals surface area contributed by atoms with Crippen molar-refractivity contribution in [3.8, 4) is 11.5 Å². The predicted octanol–water partition coefficient (Wildman–Crippen LogP) is 5.20. The lowest BCUT2D eigenvalue weighted by Crippen LogP contribution is -2.53. The maximum Gasteiger partial charge on any atom is 0.260 e. The largest absolute Gasteiger partial charge is 0.504 e. The molecule has 4 amide bonds. The van der Waals surface area contributed by atoms with Gasteiger partial charge in [0.15, 0.2) is 11.5 Å². The van der Waals surface area contributed by atoms with Crippen molar-refractivity contribution in [2.75, 3.05) is 19.1 Å². The fourth-order valence-corrected chi connectivity index (χ4v) is 8.30. The molecule has 46 heavy (non-hydrogen) atoms. The molecule has 6 atom stereocenters. The zero-order valence-corrected chi connectivity index (χ0v) is 25.8. The summed E-state index contributed by atoms with van der Waals surface area (Å²) in [7, 11) is 1.48. The van der Waals surface area contributed by atoms with E-state index < -0.39 is 52.6 Å². The molecule has 3 aromatic rings. The van der Waals surface area contributed by atoms with E-state index in [9.17, 15) is 23.9 Å². The number of aromatic hydroxyl groups is 1. The molecule has 9 nitrogen and oxygen atoms in total. The molecule has 0 radical (unpaired) electrons. The van der Waals surface area contributed by atoms with Gasteiger partial charge in [0.1, 0.15) is 5.82 Å². The number of allylic oxidation sites excluding steroid dienone is 2. The Morgan fingerprint density at radius 3 is 2.39 bits per heavy atom. The predicted molar refractivity (Wildman–Crippen MR) is 166 cm³/mol. The number of phenols is 1. The monoisotopic (exact) mass is 643 g/mol. The van der Waals surface area contributed by atoms with Crippen LogP contribution in [0.15, 0.2) is 78.4 Å². The highest BCUT2D eigenvalue weighted by atomic mass is 35.5. The van der Waals surface area contributed by atoms with Gasteiger partial charge in [0.25, 0.3) is 11.8 Å². The Kier molecular flexibility index (Phi) is 7.15. The molecule has 7 rings (SSSR count). The fourth-order valence-electron chi connectivity index (χ4n) is 8.17. The fraction of sp³-hybridized carbons (Fsp3) is 0.314. The minimum absolute atomic E-state index is 0.0839. The Balaban J connectivity index is 1.48. The Morgan fingerprint density at radius 1 is 0.978 bits per heavy atom. The van der Waals surface area contributed by atoms with Gasteiger partial charge in [-0.05, 0) is 85.3 Å². The number of likely N-dealkylation sites (tertiary alicyclic amines) is 1. The number of benzene rings is 3. The number of carbonyl (C=O) groups excluding carboxylic acids is 4. The molecule has 2 N–H and O–H groups in total. The number of phenolic OH excluding ortho intramolecular Hbond substituents is 1. The molecule has 2 aliphatic carbocycles. The number of rotatable bonds is 6. The van der Waals surface area contributed by atoms with Crippen LogP contribution in [0.1, 0.15) is 36.8 Å². The number of hydrogen-bond donors (Lipinski definition) is 2. The summed E-state index contributed by atoms with van der Waals surface area (Å²) in [6.07, 6.45) is 2.40. The Bertz CT molecular complexity index is 1810. The van der Waals surface area contributed by atoms with Crippen molar-refractivity contribution < 1.29 is 33.4 Å². The number of amides is 4. The van der Waals surface area contributed by atoms with Crippen LogP contribution in [0.25, 0.3) is 0 Å². The molecule has 1 saturated carbocycles. The number of nitrogens with one attached hydrogen (secondary N) is 1. The van der Waals surface area contributed by atoms with E-state index in [1.54, 1.807) is 43.3 Å². The van der Waals surface area contributed by atoms with Crippen molar-refractivity contribution in [2.24, 2.45) is 23.7 Å². The standard InChI is InChI=1S/C35H31ClFN3O6/c1-3-46-28-16-18(4-15-27(28)41)30-23-13-14-24-29(33(44)39(2)31(24)42)25(23)17-26-32(43)40(38-22-11-9-21(37)10-12-22)34(45)35(26,30)19-5-7-20(36)8-6-19/h4-13,15-16,24-26,29-30,38,41H,3,14,17H2,1-2H3. The summed E-state index contributed by atoms with van der Waals surface area (Å²) >= 11 is 6.31. The highest BCUT2D eigenvalue weighted by Crippen LogP contribution is 2.64. The Morgan fingerprint density at radius 2 is 1.70 bits per heavy atom. The lowest BCUT2D eigenvalue weighted by atomic mass is 9.49. The van der Waals surface area contributed by atoms with Gasteiger partial charge in [-0.1, -0.05) is 41.4 Å². The van der Waals surface area contributed by atoms with Crippen LogP contribution >= 0.6 is 11.6 Å². The van der Waals surface area contributed by atoms with Crippen LogP contribution in [-0.2, 0) is 24.6 Å². The first-order chi connectivity index (χ1) is 22.1. The summed E-state index contributed by atoms with van der Waals surface area (Å²) in [5.41, 5.74) is 3.68. The topological polar surface area (TPSA) is 116 Å². The normalized spacial score (nSPS) is 28.5. The number of halogens is 2. The van der Waals surface area contributed by atoms with Crippen LogP contribution < -0.4 is 10.2 Å². The molecule has 2 heterocycles. The quantitative estimate of drug-likeness (QED) is 0.280. The number of imide groups is 2. The van der Waals surface area contributed by atoms with Crippen molar-refractivity contribution in [1.29, 1.82) is 0 Å². The highest BCUT2D eigenvalue weighted by Gasteiger charge is 2.70. The maximum atomic E-state index is 15.1. The molecule has 0 spiro atoms. The molecule has 0 aromatic heterocycles. The SMILES string of the molecule is CCOc1cc(C2C3=CCC4C(=O)N(C)C(=O)C4C3CC3C(=O)N(Nc4ccc(F)cc4)C(=O)C32c2ccc(Cl)cc2)ccc1O. The Labute approximate surface area is 269 Å². The average Bonchev–Trinajstić information content (AvgIpc) is 3.40. The van der Waals surface area contributed by atoms with Gasteiger partial charge in [-0.2, -0.15) is 5.01 Å². The summed E-state index contributed by atoms with van der Waals surface area (Å²) in [5.74, 6) is -5.45. The first-order valence-corrected chi connectivity index (χ1v) is 15.6. The van der Waals surface area contributed by atoms with Gasteiger partial charge in [-0.15, -0.1) is 0 Å². The average molecular weight is 644 g/mol. The molecular formula is C35H31ClFN3O6. The van der Waals surface area contributed by atoms with Crippen LogP contribution in [0, 0.1) is 29.5 Å². The van der Waals surface area contributed by atoms with Gasteiger partial charge >= 0.3 is 0 Å². The van der Waals surface area contributed by atoms with Gasteiger partial charge in [0.05, 0.1) is 35.5 Å². The van der Waals surface area contributed by atoms with E-state index in [1.807, 2.05) is 6.08 Å². The third kappa shape index (κ3) is 4.26. The van der Waals surface area contributed by atoms with Crippen molar-refractivity contribution in [3.63, 3.8) is 0 Å². The molecule has 6 unspecified atom stereocenters. The summed E-state index contributed by atoms with van der Waals surface area (Å²) in [5, 5.41) is 12.1. The minimum Gasteiger partial charge on any atom is -0.504 e. The lowest BCUT2D eigenvalue weighted by molar-refractivity contribution is -0.140. The summed E-state index contributed by atoms with van der Waals surface area (Å²) in [6, 6.07) is 17.0. The van der Waals surface area contributed by atoms with Gasteiger partial charge in [0.2, 0.25) is 11.8 Å². The molecule has 2 saturated heterocycles. The number of ether oxygens (including phenoxy) is 1. The number of hydrazine groups is 1. The third-order valence-electron chi connectivity index (χ3n) is 10.1. The second-order valence-electron chi connectivity index (χ2n) is 12.3. The van der Waals surface area contributed by atoms with E-state index in [0.717, 1.165) is 10.6 Å². The molecule has 236 valence electrons. The van der Waals surface area contributed by atoms with E-state index in [1.165, 1.54) is 42.3 Å². The molecule has 3 fully saturated rings. The van der Waals surface area contributed by atoms with Crippen LogP contribution in [0.4, 0.5) is 10.1 Å². The first-order valence-electron chi connectivity index (χ1n) is 15.2. The smallest absolute Gasteiger partial charge is 0.260 e. The van der Waals surface area contributed by atoms with E-state index in [4.69, 9.17) is 16.3 Å². The van der Waals surface area contributed by atoms with Crippen molar-refractivity contribution in [2.45, 2.75) is 31.1 Å². The second kappa shape index (κ2) is 11.0. The van der Waals surface area contributed by atoms with Crippen LogP contribution in [-0.4, -0.2) is 52.3 Å². The third-order valence-corrected chi connectivity index (χ3v) is 10.3. The zero-order chi connectivity index (χ0) is 32.5. The van der Waals surface area contributed by atoms with Gasteiger partial charge in [0, 0.05) is 18.0 Å². The second-order valence-corrected chi connectivity index (χ2v) is 12.7. The highest BCUT2D eigenvalue weighted by molar-refractivity contribution is 6.30. The minimum atomic E-state index is -1.51. The van der Waals surface area contributed by atoms with Crippen molar-refractivity contribution >= 4 is 40.9 Å². The molecule has 2 aliphatic heterocycles. The molecular weight excluding hydrogens is 613 g/mol. The van der Waals surface area contributed by atoms with E-state index in [-0.39, 0.29) is 36.3 Å². The van der Waals surface area contributed by atoms with Crippen molar-refractivity contribution in [3.05, 3.63) is 100 Å². The van der Waals surface area contributed by atoms with E-state index in [0.29, 0.717) is 28.3 Å². The van der Waals surface area contributed by atoms with Crippen LogP contribution in [0.2, 0.25) is 5.02 Å². The van der Waals surface area contributed by atoms with E-state index >= 15 is 4.79 Å². The molecule has 11 heteroatoms. The summed E-state index contributed by atoms with van der Waals surface area (Å²) in [4.78, 5) is 57.5. The van der Waals surface area contributed by atoms with E-state index in [2.05, 4.69) is 5.43 Å². The number of anilines is 1. The maximum absolute atomic E-state index is 15.1. The van der Waals surface area contributed by atoms with Gasteiger partial charge in [-0.3, -0.25) is 29.5 Å². The number of fused-ring (bicyclic) bond motifs is 4. The van der Waals surface area contributed by atoms with Gasteiger partial charge in [-0.25, -0.2) is 4.39 Å². The summed E-state index contributed by atoms with van der Waals surface area (Å²) in [6.45, 7) is 2.06. The number of hydrogen-bond acceptors (Lipinski definition) is 7. The number of nitrogens with zero attached hydrogens (tertiary/aromatic N) is 2.